The fourth-order valence-electron chi connectivity index (χ4n) is 0.179. The molecule has 2 N–H and O–H groups in total. The van der Waals surface area contributed by atoms with Crippen molar-refractivity contribution in [2.24, 2.45) is 5.11 Å². The van der Waals surface area contributed by atoms with Gasteiger partial charge >= 0.3 is 6.03 Å². The van der Waals surface area contributed by atoms with Gasteiger partial charge in [0, 0.05) is 6.92 Å². The van der Waals surface area contributed by atoms with Crippen molar-refractivity contribution >= 4 is 11.9 Å². The van der Waals surface area contributed by atoms with Gasteiger partial charge in [-0.3, -0.25) is 10.1 Å². The molecule has 0 bridgehead atoms. The minimum absolute atomic E-state index is 0.508. The Bertz CT molecular complexity index is 130. The number of imide groups is 1. The second-order valence-electron chi connectivity index (χ2n) is 1.10. The molecular weight excluding hydrogens is 110 g/mol. The second-order valence-corrected chi connectivity index (χ2v) is 1.10. The number of hydrogen-bond donors (Lipinski definition) is 2. The quantitative estimate of drug-likeness (QED) is 0.444. The number of nitrogens with one attached hydrogen (secondary N) is 2. The van der Waals surface area contributed by atoms with Gasteiger partial charge in [-0.2, -0.15) is 5.53 Å². The Morgan fingerprint density at radius 3 is 2.25 bits per heavy atom. The number of carbonyl (C=O) groups is 2. The molecule has 8 heavy (non-hydrogen) atoms. The summed E-state index contributed by atoms with van der Waals surface area (Å²) in [7, 11) is 0. The lowest BCUT2D eigenvalue weighted by Gasteiger charge is -1.87. The molecule has 0 rings (SSSR count). The summed E-state index contributed by atoms with van der Waals surface area (Å²) in [4.78, 5) is 19.9. The van der Waals surface area contributed by atoms with E-state index < -0.39 is 11.9 Å². The molecule has 44 valence electrons. The first-order valence-electron chi connectivity index (χ1n) is 1.86. The van der Waals surface area contributed by atoms with E-state index in [1.807, 2.05) is 0 Å². The van der Waals surface area contributed by atoms with E-state index in [2.05, 4.69) is 5.11 Å². The highest BCUT2D eigenvalue weighted by molar-refractivity contribution is 5.92. The van der Waals surface area contributed by atoms with Crippen LogP contribution in [0.3, 0.4) is 0 Å². The van der Waals surface area contributed by atoms with E-state index >= 15 is 0 Å². The van der Waals surface area contributed by atoms with Crippen LogP contribution in [0.1, 0.15) is 6.92 Å². The number of nitrogens with zero attached hydrogens (tertiary/aromatic N) is 1. The van der Waals surface area contributed by atoms with Crippen LogP contribution in [-0.4, -0.2) is 11.9 Å². The Morgan fingerprint density at radius 1 is 1.62 bits per heavy atom. The van der Waals surface area contributed by atoms with Gasteiger partial charge in [0.05, 0.1) is 0 Å². The molecule has 5 heteroatoms. The van der Waals surface area contributed by atoms with Crippen molar-refractivity contribution in [3.05, 3.63) is 0 Å². The zero-order valence-electron chi connectivity index (χ0n) is 4.26. The maximum Gasteiger partial charge on any atom is 0.365 e. The van der Waals surface area contributed by atoms with Gasteiger partial charge in [0.25, 0.3) is 0 Å². The summed E-state index contributed by atoms with van der Waals surface area (Å²) in [5.41, 5.74) is 6.06. The molecule has 0 saturated heterocycles. The molecule has 0 aromatic rings. The topological polar surface area (TPSA) is 82.4 Å². The molecule has 0 atom stereocenters. The van der Waals surface area contributed by atoms with Crippen LogP contribution in [0.5, 0.6) is 0 Å². The molecule has 5 nitrogen and oxygen atoms in total. The largest absolute Gasteiger partial charge is 0.365 e. The van der Waals surface area contributed by atoms with Gasteiger partial charge in [0.15, 0.2) is 0 Å². The number of hydrogen-bond acceptors (Lipinski definition) is 3. The number of amides is 3. The minimum atomic E-state index is -0.933. The highest BCUT2D eigenvalue weighted by Crippen LogP contribution is 1.69. The van der Waals surface area contributed by atoms with E-state index in [9.17, 15) is 9.59 Å². The first-order valence-corrected chi connectivity index (χ1v) is 1.86. The third-order valence-corrected chi connectivity index (χ3v) is 0.385. The average molecular weight is 115 g/mol. The molecule has 0 aromatic heterocycles. The summed E-state index contributed by atoms with van der Waals surface area (Å²) in [6, 6.07) is -0.933. The van der Waals surface area contributed by atoms with E-state index in [4.69, 9.17) is 5.53 Å². The molecule has 0 heterocycles. The number of rotatable bonds is 0. The van der Waals surface area contributed by atoms with Crippen molar-refractivity contribution in [1.29, 1.82) is 5.53 Å². The van der Waals surface area contributed by atoms with Gasteiger partial charge < -0.3 is 0 Å². The van der Waals surface area contributed by atoms with Crippen molar-refractivity contribution < 1.29 is 9.59 Å². The van der Waals surface area contributed by atoms with E-state index in [-0.39, 0.29) is 0 Å². The lowest BCUT2D eigenvalue weighted by atomic mass is 10.7. The maximum absolute atomic E-state index is 9.94. The Morgan fingerprint density at radius 2 is 2.12 bits per heavy atom. The van der Waals surface area contributed by atoms with Crippen molar-refractivity contribution in [2.45, 2.75) is 6.92 Å². The third kappa shape index (κ3) is 2.95. The van der Waals surface area contributed by atoms with Gasteiger partial charge in [-0.05, 0) is 0 Å². The van der Waals surface area contributed by atoms with E-state index in [1.54, 1.807) is 5.32 Å². The predicted molar refractivity (Wildman–Crippen MR) is 24.4 cm³/mol. The third-order valence-electron chi connectivity index (χ3n) is 0.385. The minimum Gasteiger partial charge on any atom is -0.275 e. The smallest absolute Gasteiger partial charge is 0.275 e. The van der Waals surface area contributed by atoms with Crippen molar-refractivity contribution in [1.82, 2.24) is 5.32 Å². The summed E-state index contributed by atoms with van der Waals surface area (Å²) < 4.78 is 0. The first kappa shape index (κ1) is 6.74. The lowest BCUT2D eigenvalue weighted by molar-refractivity contribution is -0.117. The molecule has 0 aliphatic carbocycles. The second kappa shape index (κ2) is 2.84. The van der Waals surface area contributed by atoms with Crippen molar-refractivity contribution in [3.8, 4) is 0 Å². The van der Waals surface area contributed by atoms with E-state index in [1.165, 1.54) is 6.92 Å². The predicted octanol–water partition coefficient (Wildman–Crippen LogP) is 0.273. The normalized spacial score (nSPS) is 7.62. The van der Waals surface area contributed by atoms with Crippen LogP contribution >= 0.6 is 0 Å². The van der Waals surface area contributed by atoms with Crippen LogP contribution in [0, 0.1) is 5.53 Å². The maximum atomic E-state index is 9.94. The van der Waals surface area contributed by atoms with Gasteiger partial charge in [0.2, 0.25) is 5.91 Å². The van der Waals surface area contributed by atoms with E-state index in [0.29, 0.717) is 0 Å². The zero-order valence-corrected chi connectivity index (χ0v) is 4.26. The molecule has 0 saturated carbocycles. The molecular formula is C3H5N3O2. The standard InChI is InChI=1S/C3H5N3O2/c1-2(7)5-3(8)6-4/h4H,1H3,(H,5,7,8). The van der Waals surface area contributed by atoms with Crippen molar-refractivity contribution in [3.63, 3.8) is 0 Å². The molecule has 0 spiro atoms. The Labute approximate surface area is 45.6 Å². The molecule has 0 aliphatic rings. The Hall–Kier alpha value is -1.26. The summed E-state index contributed by atoms with van der Waals surface area (Å²) in [6.45, 7) is 1.17. The van der Waals surface area contributed by atoms with Crippen LogP contribution in [-0.2, 0) is 4.79 Å². The molecule has 0 aromatic carbocycles. The summed E-state index contributed by atoms with van der Waals surface area (Å²) in [5.74, 6) is -0.508. The molecule has 0 unspecified atom stereocenters. The Balaban J connectivity index is 3.55. The van der Waals surface area contributed by atoms with Crippen LogP contribution < -0.4 is 5.32 Å². The van der Waals surface area contributed by atoms with Gasteiger partial charge in [-0.15, -0.1) is 0 Å². The molecule has 0 fully saturated rings. The molecule has 0 aliphatic heterocycles. The summed E-state index contributed by atoms with van der Waals surface area (Å²) in [5, 5.41) is 4.17. The fraction of sp³-hybridized carbons (Fsp3) is 0.333. The van der Waals surface area contributed by atoms with Crippen LogP contribution in [0.2, 0.25) is 0 Å². The highest BCUT2D eigenvalue weighted by Gasteiger charge is 1.96. The average Bonchev–Trinajstić information content (AvgIpc) is 1.65. The Kier molecular flexibility index (Phi) is 2.39. The highest BCUT2D eigenvalue weighted by atomic mass is 16.2. The van der Waals surface area contributed by atoms with Crippen LogP contribution in [0.25, 0.3) is 0 Å². The SMILES string of the molecule is CC(=O)NC(=O)N=N. The summed E-state index contributed by atoms with van der Waals surface area (Å²) >= 11 is 0. The number of carbonyl (C=O) groups excluding carboxylic acids is 2. The monoisotopic (exact) mass is 115 g/mol. The zero-order chi connectivity index (χ0) is 6.57. The fourth-order valence-corrected chi connectivity index (χ4v) is 0.179. The summed E-state index contributed by atoms with van der Waals surface area (Å²) in [6.07, 6.45) is 0. The van der Waals surface area contributed by atoms with Crippen LogP contribution in [0.15, 0.2) is 5.11 Å². The van der Waals surface area contributed by atoms with Crippen molar-refractivity contribution in [2.75, 3.05) is 0 Å². The van der Waals surface area contributed by atoms with Crippen LogP contribution in [0.4, 0.5) is 4.79 Å². The molecule has 0 radical (unpaired) electrons. The number of urea groups is 1. The molecule has 3 amide bonds. The first-order chi connectivity index (χ1) is 3.66. The van der Waals surface area contributed by atoms with E-state index in [0.717, 1.165) is 0 Å². The van der Waals surface area contributed by atoms with Gasteiger partial charge in [-0.1, -0.05) is 5.11 Å². The lowest BCUT2D eigenvalue weighted by Crippen LogP contribution is -2.24. The van der Waals surface area contributed by atoms with Gasteiger partial charge in [-0.25, -0.2) is 4.79 Å². The van der Waals surface area contributed by atoms with Gasteiger partial charge in [0.1, 0.15) is 0 Å².